The van der Waals surface area contributed by atoms with Gasteiger partial charge in [0.2, 0.25) is 10.0 Å². The summed E-state index contributed by atoms with van der Waals surface area (Å²) in [7, 11) is -2.62. The van der Waals surface area contributed by atoms with Crippen LogP contribution in [0.3, 0.4) is 0 Å². The van der Waals surface area contributed by atoms with Gasteiger partial charge in [-0.15, -0.1) is 0 Å². The monoisotopic (exact) mass is 420 g/mol. The molecule has 0 radical (unpaired) electrons. The highest BCUT2D eigenvalue weighted by Gasteiger charge is 2.23. The summed E-state index contributed by atoms with van der Waals surface area (Å²) in [5.41, 5.74) is 5.43. The van der Waals surface area contributed by atoms with E-state index in [4.69, 9.17) is 0 Å². The van der Waals surface area contributed by atoms with E-state index in [2.05, 4.69) is 10.9 Å². The first-order valence-electron chi connectivity index (χ1n) is 8.39. The van der Waals surface area contributed by atoms with Gasteiger partial charge in [-0.25, -0.2) is 8.42 Å². The van der Waals surface area contributed by atoms with Crippen molar-refractivity contribution in [1.29, 1.82) is 0 Å². The molecule has 0 spiro atoms. The molecule has 0 heterocycles. The maximum absolute atomic E-state index is 12.5. The van der Waals surface area contributed by atoms with Crippen LogP contribution in [-0.2, 0) is 14.8 Å². The largest absolute Gasteiger partial charge is 0.272 e. The average molecular weight is 420 g/mol. The molecular formula is C18H20N4O6S. The van der Waals surface area contributed by atoms with Crippen molar-refractivity contribution < 1.29 is 22.9 Å². The maximum Gasteiger partial charge on any atom is 0.272 e. The third-order valence-corrected chi connectivity index (χ3v) is 5.88. The minimum Gasteiger partial charge on any atom is -0.272 e. The highest BCUT2D eigenvalue weighted by atomic mass is 32.2. The highest BCUT2D eigenvalue weighted by molar-refractivity contribution is 7.89. The first kappa shape index (κ1) is 22.0. The number of nitrogens with one attached hydrogen (secondary N) is 2. The van der Waals surface area contributed by atoms with E-state index in [0.717, 1.165) is 9.87 Å². The van der Waals surface area contributed by atoms with Crippen LogP contribution in [0.25, 0.3) is 0 Å². The van der Waals surface area contributed by atoms with Crippen LogP contribution >= 0.6 is 0 Å². The smallest absolute Gasteiger partial charge is 0.272 e. The van der Waals surface area contributed by atoms with Crippen LogP contribution in [-0.4, -0.2) is 43.1 Å². The number of carbonyl (C=O) groups is 2. The summed E-state index contributed by atoms with van der Waals surface area (Å²) in [5, 5.41) is 10.8. The van der Waals surface area contributed by atoms with E-state index in [9.17, 15) is 28.1 Å². The molecule has 2 N–H and O–H groups in total. The summed E-state index contributed by atoms with van der Waals surface area (Å²) in [6.07, 6.45) is 0. The molecule has 11 heteroatoms. The number of hydrogen-bond acceptors (Lipinski definition) is 6. The molecule has 0 aliphatic heterocycles. The van der Waals surface area contributed by atoms with Crippen LogP contribution in [0.2, 0.25) is 0 Å². The van der Waals surface area contributed by atoms with E-state index >= 15 is 0 Å². The number of nitro benzene ring substituents is 1. The van der Waals surface area contributed by atoms with Crippen molar-refractivity contribution in [3.8, 4) is 0 Å². The Hall–Kier alpha value is -3.31. The molecule has 2 rings (SSSR count). The first-order valence-corrected chi connectivity index (χ1v) is 9.83. The molecule has 0 atom stereocenters. The second-order valence-corrected chi connectivity index (χ2v) is 8.38. The number of rotatable bonds is 6. The number of nitro groups is 1. The van der Waals surface area contributed by atoms with Crippen molar-refractivity contribution in [1.82, 2.24) is 15.2 Å². The van der Waals surface area contributed by atoms with Gasteiger partial charge in [-0.3, -0.25) is 30.6 Å². The molecule has 0 saturated heterocycles. The number of hydrazine groups is 1. The van der Waals surface area contributed by atoms with Gasteiger partial charge < -0.3 is 0 Å². The van der Waals surface area contributed by atoms with Crippen LogP contribution in [0.5, 0.6) is 0 Å². The number of benzene rings is 2. The van der Waals surface area contributed by atoms with Crippen molar-refractivity contribution in [2.45, 2.75) is 18.7 Å². The fourth-order valence-corrected chi connectivity index (χ4v) is 3.54. The maximum atomic E-state index is 12.5. The van der Waals surface area contributed by atoms with Gasteiger partial charge in [-0.05, 0) is 38.1 Å². The van der Waals surface area contributed by atoms with Gasteiger partial charge in [0, 0.05) is 24.2 Å². The van der Waals surface area contributed by atoms with E-state index in [1.54, 1.807) is 12.1 Å². The Kier molecular flexibility index (Phi) is 6.67. The molecule has 2 aromatic rings. The zero-order valence-corrected chi connectivity index (χ0v) is 16.8. The minimum atomic E-state index is -3.86. The Morgan fingerprint density at radius 1 is 1.07 bits per heavy atom. The summed E-state index contributed by atoms with van der Waals surface area (Å²) in [5.74, 6) is -1.45. The number of likely N-dealkylation sites (N-methyl/N-ethyl adjacent to an activating group) is 1. The lowest BCUT2D eigenvalue weighted by atomic mass is 10.1. The van der Waals surface area contributed by atoms with Gasteiger partial charge >= 0.3 is 0 Å². The molecule has 154 valence electrons. The van der Waals surface area contributed by atoms with Crippen LogP contribution in [0.4, 0.5) is 5.69 Å². The third-order valence-electron chi connectivity index (χ3n) is 4.07. The molecule has 29 heavy (non-hydrogen) atoms. The fourth-order valence-electron chi connectivity index (χ4n) is 2.42. The fraction of sp³-hybridized carbons (Fsp3) is 0.222. The molecule has 0 aromatic heterocycles. The lowest BCUT2D eigenvalue weighted by Gasteiger charge is -2.17. The Labute approximate surface area is 167 Å². The van der Waals surface area contributed by atoms with E-state index in [-0.39, 0.29) is 21.7 Å². The van der Waals surface area contributed by atoms with E-state index in [1.165, 1.54) is 44.3 Å². The Morgan fingerprint density at radius 3 is 2.24 bits per heavy atom. The second kappa shape index (κ2) is 8.80. The average Bonchev–Trinajstić information content (AvgIpc) is 2.65. The number of sulfonamides is 1. The molecule has 2 amide bonds. The highest BCUT2D eigenvalue weighted by Crippen LogP contribution is 2.18. The van der Waals surface area contributed by atoms with E-state index in [1.807, 2.05) is 6.92 Å². The molecule has 0 aliphatic carbocycles. The van der Waals surface area contributed by atoms with Crippen molar-refractivity contribution in [2.24, 2.45) is 0 Å². The summed E-state index contributed by atoms with van der Waals surface area (Å²) < 4.78 is 25.8. The lowest BCUT2D eigenvalue weighted by molar-refractivity contribution is -0.385. The van der Waals surface area contributed by atoms with Gasteiger partial charge in [0.05, 0.1) is 16.4 Å². The SMILES string of the molecule is Cc1ccc(S(=O)(=O)N(C)CC(=O)NNC(=O)c2ccc([N+](=O)[O-])c(C)c2)cc1. The quantitative estimate of drug-likeness (QED) is 0.533. The number of aryl methyl sites for hydroxylation is 2. The molecule has 0 unspecified atom stereocenters. The Bertz CT molecular complexity index is 1050. The van der Waals surface area contributed by atoms with Gasteiger partial charge in [-0.2, -0.15) is 4.31 Å². The normalized spacial score (nSPS) is 11.2. The molecule has 2 aromatic carbocycles. The zero-order chi connectivity index (χ0) is 21.8. The predicted molar refractivity (Wildman–Crippen MR) is 104 cm³/mol. The summed E-state index contributed by atoms with van der Waals surface area (Å²) in [4.78, 5) is 34.4. The second-order valence-electron chi connectivity index (χ2n) is 6.33. The molecule has 0 saturated carbocycles. The van der Waals surface area contributed by atoms with Crippen molar-refractivity contribution in [2.75, 3.05) is 13.6 Å². The standard InChI is InChI=1S/C18H20N4O6S/c1-12-4-7-15(8-5-12)29(27,28)21(3)11-17(23)19-20-18(24)14-6-9-16(22(25)26)13(2)10-14/h4-10H,11H2,1-3H3,(H,19,23)(H,20,24). The van der Waals surface area contributed by atoms with Crippen molar-refractivity contribution >= 4 is 27.5 Å². The first-order chi connectivity index (χ1) is 13.5. The van der Waals surface area contributed by atoms with Crippen LogP contribution in [0.1, 0.15) is 21.5 Å². The number of nitrogens with zero attached hydrogens (tertiary/aromatic N) is 2. The lowest BCUT2D eigenvalue weighted by Crippen LogP contribution is -2.46. The third kappa shape index (κ3) is 5.36. The van der Waals surface area contributed by atoms with E-state index in [0.29, 0.717) is 0 Å². The van der Waals surface area contributed by atoms with Crippen LogP contribution in [0, 0.1) is 24.0 Å². The predicted octanol–water partition coefficient (Wildman–Crippen LogP) is 1.29. The topological polar surface area (TPSA) is 139 Å². The number of hydrogen-bond donors (Lipinski definition) is 2. The van der Waals surface area contributed by atoms with Gasteiger partial charge in [0.1, 0.15) is 0 Å². The van der Waals surface area contributed by atoms with Crippen molar-refractivity contribution in [3.63, 3.8) is 0 Å². The van der Waals surface area contributed by atoms with E-state index < -0.39 is 33.3 Å². The van der Waals surface area contributed by atoms with Crippen molar-refractivity contribution in [3.05, 3.63) is 69.3 Å². The summed E-state index contributed by atoms with van der Waals surface area (Å²) >= 11 is 0. The molecule has 0 fully saturated rings. The molecular weight excluding hydrogens is 400 g/mol. The molecule has 10 nitrogen and oxygen atoms in total. The summed E-state index contributed by atoms with van der Waals surface area (Å²) in [6.45, 7) is 2.79. The van der Waals surface area contributed by atoms with Gasteiger partial charge in [0.25, 0.3) is 17.5 Å². The molecule has 0 bridgehead atoms. The zero-order valence-electron chi connectivity index (χ0n) is 16.0. The van der Waals surface area contributed by atoms with Gasteiger partial charge in [-0.1, -0.05) is 17.7 Å². The summed E-state index contributed by atoms with van der Waals surface area (Å²) in [6, 6.07) is 9.93. The van der Waals surface area contributed by atoms with Crippen LogP contribution in [0.15, 0.2) is 47.4 Å². The van der Waals surface area contributed by atoms with Crippen LogP contribution < -0.4 is 10.9 Å². The number of amides is 2. The Morgan fingerprint density at radius 2 is 1.69 bits per heavy atom. The minimum absolute atomic E-state index is 0.0452. The number of carbonyl (C=O) groups excluding carboxylic acids is 2. The molecule has 0 aliphatic rings. The van der Waals surface area contributed by atoms with Gasteiger partial charge in [0.15, 0.2) is 0 Å². The Balaban J connectivity index is 1.97.